The third kappa shape index (κ3) is 5.52. The lowest BCUT2D eigenvalue weighted by Gasteiger charge is -2.24. The van der Waals surface area contributed by atoms with E-state index in [1.807, 2.05) is 42.5 Å². The van der Waals surface area contributed by atoms with Crippen LogP contribution >= 0.6 is 11.3 Å². The molecule has 2 unspecified atom stereocenters. The molecule has 0 amide bonds. The normalized spacial score (nSPS) is 18.6. The molecule has 35 heavy (non-hydrogen) atoms. The second kappa shape index (κ2) is 10.7. The van der Waals surface area contributed by atoms with E-state index in [2.05, 4.69) is 25.6 Å². The second-order valence-corrected chi connectivity index (χ2v) is 9.44. The number of halogens is 1. The summed E-state index contributed by atoms with van der Waals surface area (Å²) < 4.78 is 14.7. The number of benzene rings is 2. The smallest absolute Gasteiger partial charge is 0.317 e. The maximum Gasteiger partial charge on any atom is 0.317 e. The van der Waals surface area contributed by atoms with Gasteiger partial charge in [0.1, 0.15) is 5.82 Å². The van der Waals surface area contributed by atoms with Crippen molar-refractivity contribution < 1.29 is 14.3 Å². The third-order valence-corrected chi connectivity index (χ3v) is 7.23. The first-order chi connectivity index (χ1) is 16.9. The molecule has 3 heterocycles. The molecule has 2 aliphatic heterocycles. The Bertz CT molecular complexity index is 1210. The van der Waals surface area contributed by atoms with Gasteiger partial charge in [-0.2, -0.15) is 0 Å². The SMILES string of the molecule is N=NC(=N)c1cnc(N2CC3CN(c4cc(-c5ccccc5)ccc4F)CC3C2)s1.NCC(=O)O. The van der Waals surface area contributed by atoms with Crippen molar-refractivity contribution in [2.45, 2.75) is 0 Å². The molecule has 0 bridgehead atoms. The van der Waals surface area contributed by atoms with Crippen LogP contribution < -0.4 is 15.5 Å². The summed E-state index contributed by atoms with van der Waals surface area (Å²) in [5.74, 6) is -0.285. The van der Waals surface area contributed by atoms with E-state index in [1.54, 1.807) is 12.3 Å². The molecule has 2 aliphatic rings. The molecule has 3 aromatic rings. The van der Waals surface area contributed by atoms with Gasteiger partial charge in [-0.05, 0) is 23.3 Å². The van der Waals surface area contributed by atoms with Crippen molar-refractivity contribution in [3.63, 3.8) is 0 Å². The third-order valence-electron chi connectivity index (χ3n) is 6.16. The molecule has 11 heteroatoms. The molecular formula is C24H26FN7O2S. The molecule has 2 atom stereocenters. The van der Waals surface area contributed by atoms with Crippen molar-refractivity contribution in [2.75, 3.05) is 42.5 Å². The zero-order valence-electron chi connectivity index (χ0n) is 18.9. The molecule has 2 saturated heterocycles. The lowest BCUT2D eigenvalue weighted by molar-refractivity contribution is -0.135. The fourth-order valence-electron chi connectivity index (χ4n) is 4.49. The highest BCUT2D eigenvalue weighted by Gasteiger charge is 2.41. The van der Waals surface area contributed by atoms with Gasteiger partial charge in [-0.1, -0.05) is 47.7 Å². The van der Waals surface area contributed by atoms with Crippen LogP contribution in [0.3, 0.4) is 0 Å². The number of carboxylic acid groups (broad SMARTS) is 1. The van der Waals surface area contributed by atoms with Crippen molar-refractivity contribution in [1.82, 2.24) is 4.98 Å². The number of carbonyl (C=O) groups is 1. The van der Waals surface area contributed by atoms with Gasteiger partial charge in [0.2, 0.25) is 0 Å². The number of carboxylic acids is 1. The number of thiazole rings is 1. The van der Waals surface area contributed by atoms with E-state index < -0.39 is 5.97 Å². The Hall–Kier alpha value is -3.70. The maximum atomic E-state index is 14.7. The van der Waals surface area contributed by atoms with Crippen LogP contribution in [0.2, 0.25) is 0 Å². The highest BCUT2D eigenvalue weighted by atomic mass is 32.1. The van der Waals surface area contributed by atoms with E-state index >= 15 is 0 Å². The first kappa shape index (κ1) is 24.4. The molecule has 5 N–H and O–H groups in total. The summed E-state index contributed by atoms with van der Waals surface area (Å²) in [5, 5.41) is 19.3. The summed E-state index contributed by atoms with van der Waals surface area (Å²) in [6, 6.07) is 15.4. The van der Waals surface area contributed by atoms with E-state index in [1.165, 1.54) is 11.3 Å². The predicted octanol–water partition coefficient (Wildman–Crippen LogP) is 3.91. The van der Waals surface area contributed by atoms with Gasteiger partial charge in [0.25, 0.3) is 0 Å². The number of hydrogen-bond donors (Lipinski definition) is 4. The van der Waals surface area contributed by atoms with Crippen molar-refractivity contribution >= 4 is 34.0 Å². The van der Waals surface area contributed by atoms with Gasteiger partial charge >= 0.3 is 5.97 Å². The fourth-order valence-corrected chi connectivity index (χ4v) is 5.31. The van der Waals surface area contributed by atoms with Crippen LogP contribution in [0.4, 0.5) is 15.2 Å². The number of fused-ring (bicyclic) bond motifs is 1. The number of amidine groups is 1. The molecule has 0 spiro atoms. The Morgan fingerprint density at radius 3 is 2.34 bits per heavy atom. The van der Waals surface area contributed by atoms with E-state index in [9.17, 15) is 9.18 Å². The molecule has 2 fully saturated rings. The molecule has 0 aliphatic carbocycles. The van der Waals surface area contributed by atoms with Gasteiger partial charge in [0.05, 0.1) is 23.3 Å². The van der Waals surface area contributed by atoms with Crippen LogP contribution in [0.1, 0.15) is 4.88 Å². The molecule has 2 aromatic carbocycles. The number of hydrogen-bond acceptors (Lipinski definition) is 8. The number of aliphatic carboxylic acids is 1. The highest BCUT2D eigenvalue weighted by molar-refractivity contribution is 7.17. The number of nitrogens with zero attached hydrogens (tertiary/aromatic N) is 4. The Balaban J connectivity index is 0.000000527. The van der Waals surface area contributed by atoms with Crippen molar-refractivity contribution in [2.24, 2.45) is 22.7 Å². The summed E-state index contributed by atoms with van der Waals surface area (Å²) in [5.41, 5.74) is 14.4. The summed E-state index contributed by atoms with van der Waals surface area (Å²) in [7, 11) is 0. The van der Waals surface area contributed by atoms with Gasteiger partial charge in [0.15, 0.2) is 11.0 Å². The lowest BCUT2D eigenvalue weighted by atomic mass is 10.0. The Morgan fingerprint density at radius 2 is 1.74 bits per heavy atom. The molecule has 0 radical (unpaired) electrons. The minimum Gasteiger partial charge on any atom is -0.480 e. The monoisotopic (exact) mass is 495 g/mol. The summed E-state index contributed by atoms with van der Waals surface area (Å²) in [6.45, 7) is 3.12. The van der Waals surface area contributed by atoms with Crippen LogP contribution in [0.25, 0.3) is 11.1 Å². The lowest BCUT2D eigenvalue weighted by Crippen LogP contribution is -2.29. The quantitative estimate of drug-likeness (QED) is 0.240. The van der Waals surface area contributed by atoms with E-state index in [4.69, 9.17) is 16.0 Å². The highest BCUT2D eigenvalue weighted by Crippen LogP contribution is 2.39. The molecule has 182 valence electrons. The molecular weight excluding hydrogens is 469 g/mol. The summed E-state index contributed by atoms with van der Waals surface area (Å²) >= 11 is 1.40. The number of nitrogens with two attached hydrogens (primary N) is 1. The second-order valence-electron chi connectivity index (χ2n) is 8.43. The van der Waals surface area contributed by atoms with Crippen LogP contribution in [0.5, 0.6) is 0 Å². The first-order valence-corrected chi connectivity index (χ1v) is 11.9. The molecule has 1 aromatic heterocycles. The zero-order valence-corrected chi connectivity index (χ0v) is 19.7. The average molecular weight is 496 g/mol. The van der Waals surface area contributed by atoms with Crippen LogP contribution in [-0.2, 0) is 4.79 Å². The molecule has 5 rings (SSSR count). The van der Waals surface area contributed by atoms with Crippen LogP contribution in [0, 0.1) is 28.6 Å². The maximum absolute atomic E-state index is 14.7. The number of anilines is 2. The largest absolute Gasteiger partial charge is 0.480 e. The first-order valence-electron chi connectivity index (χ1n) is 11.1. The van der Waals surface area contributed by atoms with Gasteiger partial charge in [-0.15, -0.1) is 5.11 Å². The van der Waals surface area contributed by atoms with Gasteiger partial charge in [-0.25, -0.2) is 14.9 Å². The van der Waals surface area contributed by atoms with Crippen molar-refractivity contribution in [1.29, 1.82) is 10.9 Å². The standard InChI is InChI=1S/C22H21FN6S.C2H5NO2/c23-18-7-6-15(14-4-2-1-3-5-14)8-19(18)28-10-16-12-29(13-17(16)11-28)22-26-9-20(30-22)21(24)27-25;3-1-2(4)5/h1-9,16-17,24-25H,10-13H2;1,3H2,(H,4,5). The van der Waals surface area contributed by atoms with Crippen LogP contribution in [0.15, 0.2) is 59.8 Å². The minimum absolute atomic E-state index is 0.0573. The Morgan fingerprint density at radius 1 is 1.11 bits per heavy atom. The molecule has 9 nitrogen and oxygen atoms in total. The van der Waals surface area contributed by atoms with Gasteiger partial charge < -0.3 is 20.6 Å². The summed E-state index contributed by atoms with van der Waals surface area (Å²) in [4.78, 5) is 18.7. The number of aromatic nitrogens is 1. The topological polar surface area (TPSA) is 143 Å². The van der Waals surface area contributed by atoms with Crippen molar-refractivity contribution in [3.8, 4) is 11.1 Å². The van der Waals surface area contributed by atoms with Crippen molar-refractivity contribution in [3.05, 3.63) is 65.4 Å². The van der Waals surface area contributed by atoms with Crippen LogP contribution in [-0.4, -0.2) is 54.6 Å². The fraction of sp³-hybridized carbons (Fsp3) is 0.292. The van der Waals surface area contributed by atoms with Gasteiger partial charge in [0, 0.05) is 38.0 Å². The van der Waals surface area contributed by atoms with E-state index in [0.29, 0.717) is 22.4 Å². The Labute approximate surface area is 206 Å². The number of rotatable bonds is 5. The van der Waals surface area contributed by atoms with E-state index in [-0.39, 0.29) is 18.2 Å². The molecule has 0 saturated carbocycles. The number of nitrogens with one attached hydrogen (secondary N) is 2. The average Bonchev–Trinajstić information content (AvgIpc) is 3.60. The minimum atomic E-state index is -0.968. The summed E-state index contributed by atoms with van der Waals surface area (Å²) in [6.07, 6.45) is 1.62. The Kier molecular flexibility index (Phi) is 7.47. The zero-order chi connectivity index (χ0) is 24.9. The predicted molar refractivity (Wildman–Crippen MR) is 134 cm³/mol. The van der Waals surface area contributed by atoms with Gasteiger partial charge in [-0.3, -0.25) is 10.2 Å². The van der Waals surface area contributed by atoms with E-state index in [0.717, 1.165) is 42.4 Å².